The van der Waals surface area contributed by atoms with Gasteiger partial charge in [-0.3, -0.25) is 9.59 Å². The molecule has 0 saturated heterocycles. The summed E-state index contributed by atoms with van der Waals surface area (Å²) < 4.78 is 1.82. The molecule has 3 aromatic rings. The number of fused-ring (bicyclic) bond motifs is 1. The smallest absolute Gasteiger partial charge is 0.239 e. The summed E-state index contributed by atoms with van der Waals surface area (Å²) >= 11 is 0. The number of benzene rings is 2. The molecule has 0 aliphatic heterocycles. The maximum absolute atomic E-state index is 12.1. The van der Waals surface area contributed by atoms with Gasteiger partial charge in [0.2, 0.25) is 5.91 Å². The molecule has 0 aliphatic rings. The molecule has 0 spiro atoms. The van der Waals surface area contributed by atoms with Crippen LogP contribution < -0.4 is 5.32 Å². The quantitative estimate of drug-likeness (QED) is 0.712. The van der Waals surface area contributed by atoms with E-state index in [0.717, 1.165) is 23.6 Å². The van der Waals surface area contributed by atoms with Crippen molar-refractivity contribution in [3.05, 3.63) is 71.9 Å². The van der Waals surface area contributed by atoms with Gasteiger partial charge in [-0.1, -0.05) is 48.5 Å². The lowest BCUT2D eigenvalue weighted by atomic mass is 10.1. The molecule has 1 heterocycles. The van der Waals surface area contributed by atoms with Crippen molar-refractivity contribution in [1.29, 1.82) is 0 Å². The van der Waals surface area contributed by atoms with Crippen LogP contribution in [0.5, 0.6) is 0 Å². The van der Waals surface area contributed by atoms with Gasteiger partial charge in [0.1, 0.15) is 6.54 Å². The van der Waals surface area contributed by atoms with Gasteiger partial charge in [0.05, 0.1) is 0 Å². The van der Waals surface area contributed by atoms with Crippen molar-refractivity contribution in [2.45, 2.75) is 13.0 Å². The average Bonchev–Trinajstić information content (AvgIpc) is 2.94. The number of nitrogens with zero attached hydrogens (tertiary/aromatic N) is 1. The van der Waals surface area contributed by atoms with Crippen LogP contribution in [0.4, 0.5) is 0 Å². The number of aldehydes is 1. The second-order valence-electron chi connectivity index (χ2n) is 5.43. The number of amides is 1. The molecule has 1 aromatic heterocycles. The summed E-state index contributed by atoms with van der Waals surface area (Å²) in [5, 5.41) is 3.80. The highest BCUT2D eigenvalue weighted by Crippen LogP contribution is 2.19. The van der Waals surface area contributed by atoms with Crippen LogP contribution in [0.1, 0.15) is 15.9 Å². The minimum absolute atomic E-state index is 0.0564. The fourth-order valence-corrected chi connectivity index (χ4v) is 2.70. The SMILES string of the molecule is O=Cc1cn(CC(=O)NCCc2ccccc2)c2ccccc12. The molecule has 23 heavy (non-hydrogen) atoms. The Bertz CT molecular complexity index is 822. The predicted octanol–water partition coefficient (Wildman–Crippen LogP) is 2.81. The molecule has 2 aromatic carbocycles. The number of hydrogen-bond donors (Lipinski definition) is 1. The zero-order valence-electron chi connectivity index (χ0n) is 12.7. The third-order valence-corrected chi connectivity index (χ3v) is 3.84. The van der Waals surface area contributed by atoms with Crippen molar-refractivity contribution in [3.63, 3.8) is 0 Å². The lowest BCUT2D eigenvalue weighted by Gasteiger charge is -2.07. The summed E-state index contributed by atoms with van der Waals surface area (Å²) in [6.45, 7) is 0.811. The summed E-state index contributed by atoms with van der Waals surface area (Å²) in [5.74, 6) is -0.0564. The number of nitrogens with one attached hydrogen (secondary N) is 1. The molecular weight excluding hydrogens is 288 g/mol. The first kappa shape index (κ1) is 15.0. The van der Waals surface area contributed by atoms with Crippen molar-refractivity contribution in [2.24, 2.45) is 0 Å². The molecule has 0 atom stereocenters. The topological polar surface area (TPSA) is 51.1 Å². The van der Waals surface area contributed by atoms with Crippen LogP contribution >= 0.6 is 0 Å². The Hall–Kier alpha value is -2.88. The maximum Gasteiger partial charge on any atom is 0.239 e. The van der Waals surface area contributed by atoms with E-state index in [9.17, 15) is 9.59 Å². The molecule has 4 heteroatoms. The highest BCUT2D eigenvalue weighted by Gasteiger charge is 2.10. The van der Waals surface area contributed by atoms with Crippen LogP contribution in [0.15, 0.2) is 60.8 Å². The van der Waals surface area contributed by atoms with Gasteiger partial charge in [-0.2, -0.15) is 0 Å². The Labute approximate surface area is 134 Å². The Morgan fingerprint density at radius 2 is 1.78 bits per heavy atom. The van der Waals surface area contributed by atoms with Crippen molar-refractivity contribution < 1.29 is 9.59 Å². The molecule has 0 radical (unpaired) electrons. The molecule has 116 valence electrons. The number of carbonyl (C=O) groups excluding carboxylic acids is 2. The predicted molar refractivity (Wildman–Crippen MR) is 90.5 cm³/mol. The highest BCUT2D eigenvalue weighted by atomic mass is 16.2. The zero-order chi connectivity index (χ0) is 16.1. The van der Waals surface area contributed by atoms with E-state index in [0.29, 0.717) is 12.1 Å². The van der Waals surface area contributed by atoms with Gasteiger partial charge in [0.25, 0.3) is 0 Å². The molecule has 1 N–H and O–H groups in total. The maximum atomic E-state index is 12.1. The van der Waals surface area contributed by atoms with Gasteiger partial charge in [0.15, 0.2) is 6.29 Å². The third-order valence-electron chi connectivity index (χ3n) is 3.84. The normalized spacial score (nSPS) is 10.6. The fraction of sp³-hybridized carbons (Fsp3) is 0.158. The first-order valence-electron chi connectivity index (χ1n) is 7.61. The van der Waals surface area contributed by atoms with Crippen molar-refractivity contribution in [1.82, 2.24) is 9.88 Å². The first-order valence-corrected chi connectivity index (χ1v) is 7.61. The monoisotopic (exact) mass is 306 g/mol. The molecule has 0 unspecified atom stereocenters. The summed E-state index contributed by atoms with van der Waals surface area (Å²) in [7, 11) is 0. The van der Waals surface area contributed by atoms with E-state index in [1.165, 1.54) is 5.56 Å². The van der Waals surface area contributed by atoms with E-state index in [4.69, 9.17) is 0 Å². The van der Waals surface area contributed by atoms with Crippen LogP contribution in [-0.4, -0.2) is 23.3 Å². The van der Waals surface area contributed by atoms with Gasteiger partial charge < -0.3 is 9.88 Å². The Morgan fingerprint density at radius 1 is 1.04 bits per heavy atom. The zero-order valence-corrected chi connectivity index (χ0v) is 12.7. The van der Waals surface area contributed by atoms with Gasteiger partial charge in [-0.25, -0.2) is 0 Å². The average molecular weight is 306 g/mol. The van der Waals surface area contributed by atoms with Gasteiger partial charge in [-0.05, 0) is 18.1 Å². The molecule has 0 saturated carbocycles. The number of carbonyl (C=O) groups is 2. The van der Waals surface area contributed by atoms with E-state index >= 15 is 0 Å². The minimum Gasteiger partial charge on any atom is -0.354 e. The van der Waals surface area contributed by atoms with Crippen molar-refractivity contribution in [3.8, 4) is 0 Å². The molecule has 0 aliphatic carbocycles. The van der Waals surface area contributed by atoms with Crippen LogP contribution in [0.25, 0.3) is 10.9 Å². The van der Waals surface area contributed by atoms with E-state index in [-0.39, 0.29) is 12.5 Å². The minimum atomic E-state index is -0.0564. The molecular formula is C19H18N2O2. The van der Waals surface area contributed by atoms with Gasteiger partial charge >= 0.3 is 0 Å². The third kappa shape index (κ3) is 3.48. The fourth-order valence-electron chi connectivity index (χ4n) is 2.70. The lowest BCUT2D eigenvalue weighted by Crippen LogP contribution is -2.29. The molecule has 1 amide bonds. The summed E-state index contributed by atoms with van der Waals surface area (Å²) in [6, 6.07) is 17.6. The second kappa shape index (κ2) is 6.92. The van der Waals surface area contributed by atoms with Crippen molar-refractivity contribution in [2.75, 3.05) is 6.54 Å². The number of rotatable bonds is 6. The lowest BCUT2D eigenvalue weighted by molar-refractivity contribution is -0.121. The van der Waals surface area contributed by atoms with E-state index < -0.39 is 0 Å². The molecule has 3 rings (SSSR count). The molecule has 0 fully saturated rings. The highest BCUT2D eigenvalue weighted by molar-refractivity contribution is 5.98. The number of aromatic nitrogens is 1. The summed E-state index contributed by atoms with van der Waals surface area (Å²) in [4.78, 5) is 23.3. The Kier molecular flexibility index (Phi) is 4.52. The van der Waals surface area contributed by atoms with Crippen molar-refractivity contribution >= 4 is 23.1 Å². The second-order valence-corrected chi connectivity index (χ2v) is 5.43. The van der Waals surface area contributed by atoms with E-state index in [1.807, 2.05) is 59.2 Å². The van der Waals surface area contributed by atoms with E-state index in [1.54, 1.807) is 6.20 Å². The number of hydrogen-bond acceptors (Lipinski definition) is 2. The summed E-state index contributed by atoms with van der Waals surface area (Å²) in [5.41, 5.74) is 2.70. The van der Waals surface area contributed by atoms with Gasteiger partial charge in [0, 0.05) is 29.2 Å². The summed E-state index contributed by atoms with van der Waals surface area (Å²) in [6.07, 6.45) is 3.36. The Balaban J connectivity index is 1.63. The molecule has 0 bridgehead atoms. The van der Waals surface area contributed by atoms with E-state index in [2.05, 4.69) is 5.32 Å². The largest absolute Gasteiger partial charge is 0.354 e. The van der Waals surface area contributed by atoms with Crippen LogP contribution in [0.3, 0.4) is 0 Å². The Morgan fingerprint density at radius 3 is 2.57 bits per heavy atom. The molecule has 4 nitrogen and oxygen atoms in total. The standard InChI is InChI=1S/C19H18N2O2/c22-14-16-12-21(18-9-5-4-8-17(16)18)13-19(23)20-11-10-15-6-2-1-3-7-15/h1-9,12,14H,10-11,13H2,(H,20,23). The van der Waals surface area contributed by atoms with Gasteiger partial charge in [-0.15, -0.1) is 0 Å². The van der Waals surface area contributed by atoms with Crippen LogP contribution in [0, 0.1) is 0 Å². The number of para-hydroxylation sites is 1. The van der Waals surface area contributed by atoms with Crippen LogP contribution in [-0.2, 0) is 17.8 Å². The first-order chi connectivity index (χ1) is 11.3. The van der Waals surface area contributed by atoms with Crippen LogP contribution in [0.2, 0.25) is 0 Å².